The lowest BCUT2D eigenvalue weighted by molar-refractivity contribution is 0.318. The number of halogens is 1. The third-order valence-electron chi connectivity index (χ3n) is 4.14. The molecule has 0 saturated carbocycles. The van der Waals surface area contributed by atoms with Crippen LogP contribution in [0.2, 0.25) is 0 Å². The van der Waals surface area contributed by atoms with Crippen molar-refractivity contribution in [2.75, 3.05) is 13.2 Å². The highest BCUT2D eigenvalue weighted by atomic mass is 19.1. The predicted octanol–water partition coefficient (Wildman–Crippen LogP) is 4.05. The standard InChI is InChI=1S/C21H28FN3O2/c1-5-23-21(25-15(4)17-9-7-14(3)18(22)12-17)24-13-16-8-10-19(26)20(11-16)27-6-2/h7-12,15,26H,5-6,13H2,1-4H3,(H2,23,24,25). The lowest BCUT2D eigenvalue weighted by Crippen LogP contribution is -2.38. The first-order chi connectivity index (χ1) is 12.9. The summed E-state index contributed by atoms with van der Waals surface area (Å²) in [6.45, 7) is 9.18. The molecule has 0 aromatic heterocycles. The molecule has 0 aliphatic rings. The molecule has 1 unspecified atom stereocenters. The van der Waals surface area contributed by atoms with Crippen LogP contribution >= 0.6 is 0 Å². The molecular formula is C21H28FN3O2. The Kier molecular flexibility index (Phi) is 7.46. The molecule has 0 aliphatic heterocycles. The van der Waals surface area contributed by atoms with Gasteiger partial charge >= 0.3 is 0 Å². The number of nitrogens with one attached hydrogen (secondary N) is 2. The lowest BCUT2D eigenvalue weighted by Gasteiger charge is -2.18. The summed E-state index contributed by atoms with van der Waals surface area (Å²) in [5.41, 5.74) is 2.40. The first-order valence-electron chi connectivity index (χ1n) is 9.20. The number of hydrogen-bond donors (Lipinski definition) is 3. The third kappa shape index (κ3) is 5.88. The molecule has 2 rings (SSSR count). The summed E-state index contributed by atoms with van der Waals surface area (Å²) < 4.78 is 19.2. The average molecular weight is 373 g/mol. The highest BCUT2D eigenvalue weighted by Crippen LogP contribution is 2.27. The Bertz CT molecular complexity index is 793. The van der Waals surface area contributed by atoms with Gasteiger partial charge in [-0.1, -0.05) is 18.2 Å². The van der Waals surface area contributed by atoms with Crippen LogP contribution in [0, 0.1) is 12.7 Å². The van der Waals surface area contributed by atoms with Gasteiger partial charge in [-0.15, -0.1) is 0 Å². The van der Waals surface area contributed by atoms with Crippen molar-refractivity contribution in [3.63, 3.8) is 0 Å². The van der Waals surface area contributed by atoms with Crippen molar-refractivity contribution >= 4 is 5.96 Å². The van der Waals surface area contributed by atoms with E-state index < -0.39 is 0 Å². The summed E-state index contributed by atoms with van der Waals surface area (Å²) in [5, 5.41) is 16.3. The van der Waals surface area contributed by atoms with E-state index in [4.69, 9.17) is 4.74 Å². The van der Waals surface area contributed by atoms with E-state index in [9.17, 15) is 9.50 Å². The quantitative estimate of drug-likeness (QED) is 0.506. The van der Waals surface area contributed by atoms with Crippen molar-refractivity contribution in [2.45, 2.75) is 40.3 Å². The number of guanidine groups is 1. The van der Waals surface area contributed by atoms with E-state index in [1.807, 2.05) is 32.9 Å². The van der Waals surface area contributed by atoms with Crippen molar-refractivity contribution in [2.24, 2.45) is 4.99 Å². The number of rotatable bonds is 7. The maximum atomic E-state index is 13.8. The largest absolute Gasteiger partial charge is 0.504 e. The normalized spacial score (nSPS) is 12.6. The Balaban J connectivity index is 2.11. The molecule has 0 bridgehead atoms. The maximum absolute atomic E-state index is 13.8. The molecule has 3 N–H and O–H groups in total. The zero-order valence-electron chi connectivity index (χ0n) is 16.3. The number of phenols is 1. The van der Waals surface area contributed by atoms with E-state index in [0.717, 1.165) is 11.1 Å². The van der Waals surface area contributed by atoms with Gasteiger partial charge in [-0.25, -0.2) is 9.38 Å². The van der Waals surface area contributed by atoms with E-state index in [2.05, 4.69) is 15.6 Å². The number of phenolic OH excluding ortho intramolecular Hbond substituents is 1. The Morgan fingerprint density at radius 3 is 2.67 bits per heavy atom. The molecule has 0 heterocycles. The van der Waals surface area contributed by atoms with Crippen molar-refractivity contribution in [1.82, 2.24) is 10.6 Å². The van der Waals surface area contributed by atoms with Gasteiger partial charge in [0.25, 0.3) is 0 Å². The van der Waals surface area contributed by atoms with Crippen LogP contribution in [0.1, 0.15) is 43.5 Å². The summed E-state index contributed by atoms with van der Waals surface area (Å²) in [4.78, 5) is 4.58. The fourth-order valence-electron chi connectivity index (χ4n) is 2.59. The number of aryl methyl sites for hydroxylation is 1. The van der Waals surface area contributed by atoms with Gasteiger partial charge in [-0.3, -0.25) is 0 Å². The van der Waals surface area contributed by atoms with Gasteiger partial charge in [0.05, 0.1) is 19.2 Å². The minimum absolute atomic E-state index is 0.100. The van der Waals surface area contributed by atoms with Crippen molar-refractivity contribution in [3.8, 4) is 11.5 Å². The Morgan fingerprint density at radius 1 is 1.22 bits per heavy atom. The lowest BCUT2D eigenvalue weighted by atomic mass is 10.1. The van der Waals surface area contributed by atoms with Gasteiger partial charge in [-0.2, -0.15) is 0 Å². The van der Waals surface area contributed by atoms with Crippen LogP contribution in [0.4, 0.5) is 4.39 Å². The summed E-state index contributed by atoms with van der Waals surface area (Å²) in [6, 6.07) is 10.3. The monoisotopic (exact) mass is 373 g/mol. The molecule has 0 radical (unpaired) electrons. The molecule has 0 saturated heterocycles. The van der Waals surface area contributed by atoms with Crippen molar-refractivity contribution in [1.29, 1.82) is 0 Å². The summed E-state index contributed by atoms with van der Waals surface area (Å²) >= 11 is 0. The Labute approximate surface area is 160 Å². The zero-order chi connectivity index (χ0) is 19.8. The molecule has 0 aliphatic carbocycles. The number of hydrogen-bond acceptors (Lipinski definition) is 3. The van der Waals surface area contributed by atoms with Crippen LogP contribution < -0.4 is 15.4 Å². The second kappa shape index (κ2) is 9.80. The number of nitrogens with zero attached hydrogens (tertiary/aromatic N) is 1. The minimum atomic E-state index is -0.212. The minimum Gasteiger partial charge on any atom is -0.504 e. The van der Waals surface area contributed by atoms with Gasteiger partial charge in [0.2, 0.25) is 0 Å². The van der Waals surface area contributed by atoms with Crippen molar-refractivity contribution in [3.05, 3.63) is 58.9 Å². The number of aliphatic imine (C=N–C) groups is 1. The molecule has 2 aromatic rings. The first kappa shape index (κ1) is 20.6. The molecule has 2 aromatic carbocycles. The average Bonchev–Trinajstić information content (AvgIpc) is 2.64. The second-order valence-electron chi connectivity index (χ2n) is 6.30. The van der Waals surface area contributed by atoms with E-state index in [1.54, 1.807) is 31.2 Å². The van der Waals surface area contributed by atoms with E-state index in [1.165, 1.54) is 0 Å². The highest BCUT2D eigenvalue weighted by Gasteiger charge is 2.10. The van der Waals surface area contributed by atoms with Crippen LogP contribution in [-0.4, -0.2) is 24.2 Å². The smallest absolute Gasteiger partial charge is 0.192 e. The molecule has 5 nitrogen and oxygen atoms in total. The first-order valence-corrected chi connectivity index (χ1v) is 9.20. The van der Waals surface area contributed by atoms with Crippen molar-refractivity contribution < 1.29 is 14.2 Å². The third-order valence-corrected chi connectivity index (χ3v) is 4.14. The molecule has 0 fully saturated rings. The zero-order valence-corrected chi connectivity index (χ0v) is 16.3. The van der Waals surface area contributed by atoms with Gasteiger partial charge in [0.15, 0.2) is 17.5 Å². The molecule has 1 atom stereocenters. The molecule has 0 amide bonds. The van der Waals surface area contributed by atoms with Gasteiger partial charge in [0, 0.05) is 6.54 Å². The molecule has 27 heavy (non-hydrogen) atoms. The van der Waals surface area contributed by atoms with E-state index in [0.29, 0.717) is 37.0 Å². The molecular weight excluding hydrogens is 345 g/mol. The summed E-state index contributed by atoms with van der Waals surface area (Å²) in [6.07, 6.45) is 0. The van der Waals surface area contributed by atoms with Gasteiger partial charge < -0.3 is 20.5 Å². The van der Waals surface area contributed by atoms with E-state index in [-0.39, 0.29) is 17.6 Å². The van der Waals surface area contributed by atoms with Crippen LogP contribution in [0.5, 0.6) is 11.5 Å². The van der Waals surface area contributed by atoms with Crippen LogP contribution in [0.15, 0.2) is 41.4 Å². The Hall–Kier alpha value is -2.76. The molecule has 6 heteroatoms. The molecule has 146 valence electrons. The maximum Gasteiger partial charge on any atom is 0.192 e. The summed E-state index contributed by atoms with van der Waals surface area (Å²) in [5.74, 6) is 0.990. The topological polar surface area (TPSA) is 65.9 Å². The second-order valence-corrected chi connectivity index (χ2v) is 6.30. The van der Waals surface area contributed by atoms with Crippen LogP contribution in [0.3, 0.4) is 0 Å². The highest BCUT2D eigenvalue weighted by molar-refractivity contribution is 5.80. The Morgan fingerprint density at radius 2 is 2.00 bits per heavy atom. The fraction of sp³-hybridized carbons (Fsp3) is 0.381. The number of aromatic hydroxyl groups is 1. The fourth-order valence-corrected chi connectivity index (χ4v) is 2.59. The SMILES string of the molecule is CCNC(=NCc1ccc(O)c(OCC)c1)NC(C)c1ccc(C)c(F)c1. The number of ether oxygens (including phenoxy) is 1. The predicted molar refractivity (Wildman–Crippen MR) is 107 cm³/mol. The van der Waals surface area contributed by atoms with Gasteiger partial charge in [-0.05, 0) is 62.6 Å². The molecule has 0 spiro atoms. The van der Waals surface area contributed by atoms with Crippen LogP contribution in [-0.2, 0) is 6.54 Å². The summed E-state index contributed by atoms with van der Waals surface area (Å²) in [7, 11) is 0. The van der Waals surface area contributed by atoms with Crippen LogP contribution in [0.25, 0.3) is 0 Å². The van der Waals surface area contributed by atoms with E-state index >= 15 is 0 Å². The number of benzene rings is 2. The van der Waals surface area contributed by atoms with Gasteiger partial charge in [0.1, 0.15) is 5.82 Å².